The average Bonchev–Trinajstić information content (AvgIpc) is 2.93. The Bertz CT molecular complexity index is 1000. The number of rotatable bonds is 6. The molecule has 0 atom stereocenters. The van der Waals surface area contributed by atoms with Crippen molar-refractivity contribution in [3.05, 3.63) is 56.4 Å². The fourth-order valence-corrected chi connectivity index (χ4v) is 3.59. The monoisotopic (exact) mass is 469 g/mol. The smallest absolute Gasteiger partial charge is 0.258 e. The van der Waals surface area contributed by atoms with Crippen LogP contribution in [0.1, 0.15) is 35.8 Å². The molecule has 0 fully saturated rings. The summed E-state index contributed by atoms with van der Waals surface area (Å²) in [6.45, 7) is 4.48. The summed E-state index contributed by atoms with van der Waals surface area (Å²) in [5, 5.41) is 3.31. The van der Waals surface area contributed by atoms with Crippen LogP contribution in [0.2, 0.25) is 10.0 Å². The summed E-state index contributed by atoms with van der Waals surface area (Å²) < 4.78 is 8.34. The molecule has 0 spiro atoms. The molecule has 5 nitrogen and oxygen atoms in total. The molecule has 2 heterocycles. The SMILES string of the molecule is CCCCOc1ccc(Cl)c(C(=O)Nc2cccn3c(Br)c(C)nc23)c1Cl. The molecule has 1 aromatic carbocycles. The predicted molar refractivity (Wildman–Crippen MR) is 112 cm³/mol. The van der Waals surface area contributed by atoms with E-state index in [2.05, 4.69) is 33.2 Å². The maximum atomic E-state index is 12.9. The van der Waals surface area contributed by atoms with Crippen molar-refractivity contribution >= 4 is 56.4 Å². The highest BCUT2D eigenvalue weighted by molar-refractivity contribution is 9.10. The Hall–Kier alpha value is -1.76. The number of nitrogens with one attached hydrogen (secondary N) is 1. The summed E-state index contributed by atoms with van der Waals surface area (Å²) in [6, 6.07) is 6.88. The van der Waals surface area contributed by atoms with Crippen LogP contribution in [0.4, 0.5) is 5.69 Å². The molecule has 8 heteroatoms. The molecule has 2 aromatic heterocycles. The first-order valence-electron chi connectivity index (χ1n) is 8.49. The van der Waals surface area contributed by atoms with Crippen LogP contribution in [0.3, 0.4) is 0 Å². The van der Waals surface area contributed by atoms with Crippen LogP contribution >= 0.6 is 39.1 Å². The van der Waals surface area contributed by atoms with Crippen LogP contribution in [-0.4, -0.2) is 21.9 Å². The van der Waals surface area contributed by atoms with Gasteiger partial charge in [-0.05, 0) is 53.5 Å². The van der Waals surface area contributed by atoms with Crippen LogP contribution < -0.4 is 10.1 Å². The second-order valence-corrected chi connectivity index (χ2v) is 7.53. The molecule has 0 unspecified atom stereocenters. The second-order valence-electron chi connectivity index (χ2n) is 5.99. The van der Waals surface area contributed by atoms with E-state index in [1.54, 1.807) is 18.2 Å². The summed E-state index contributed by atoms with van der Waals surface area (Å²) in [4.78, 5) is 17.4. The number of aryl methyl sites for hydroxylation is 1. The van der Waals surface area contributed by atoms with Gasteiger partial charge in [-0.15, -0.1) is 0 Å². The van der Waals surface area contributed by atoms with Gasteiger partial charge in [0, 0.05) is 6.20 Å². The number of imidazole rings is 1. The molecule has 0 saturated carbocycles. The third kappa shape index (κ3) is 4.08. The summed E-state index contributed by atoms with van der Waals surface area (Å²) in [7, 11) is 0. The van der Waals surface area contributed by atoms with E-state index in [1.165, 1.54) is 0 Å². The minimum absolute atomic E-state index is 0.177. The van der Waals surface area contributed by atoms with Crippen LogP contribution in [-0.2, 0) is 0 Å². The average molecular weight is 471 g/mol. The van der Waals surface area contributed by atoms with Crippen molar-refractivity contribution in [1.82, 2.24) is 9.38 Å². The molecule has 3 aromatic rings. The summed E-state index contributed by atoms with van der Waals surface area (Å²) in [5.74, 6) is 0.0214. The molecule has 0 saturated heterocycles. The summed E-state index contributed by atoms with van der Waals surface area (Å²) >= 11 is 16.1. The number of unbranched alkanes of at least 4 members (excludes halogenated alkanes) is 1. The number of ether oxygens (including phenoxy) is 1. The van der Waals surface area contributed by atoms with E-state index in [0.717, 1.165) is 23.1 Å². The second kappa shape index (κ2) is 8.50. The first-order chi connectivity index (χ1) is 12.9. The van der Waals surface area contributed by atoms with Gasteiger partial charge in [-0.3, -0.25) is 9.20 Å². The number of pyridine rings is 1. The Balaban J connectivity index is 1.93. The van der Waals surface area contributed by atoms with Crippen LogP contribution in [0.25, 0.3) is 5.65 Å². The fraction of sp³-hybridized carbons (Fsp3) is 0.263. The van der Waals surface area contributed by atoms with Gasteiger partial charge in [-0.1, -0.05) is 36.5 Å². The molecule has 0 aliphatic carbocycles. The zero-order valence-electron chi connectivity index (χ0n) is 14.9. The number of carbonyl (C=O) groups is 1. The molecule has 3 rings (SSSR count). The van der Waals surface area contributed by atoms with Crippen molar-refractivity contribution in [1.29, 1.82) is 0 Å². The molecular weight excluding hydrogens is 453 g/mol. The molecule has 0 aliphatic heterocycles. The van der Waals surface area contributed by atoms with Gasteiger partial charge in [0.15, 0.2) is 5.65 Å². The van der Waals surface area contributed by atoms with Crippen molar-refractivity contribution in [2.24, 2.45) is 0 Å². The van der Waals surface area contributed by atoms with Crippen molar-refractivity contribution in [2.75, 3.05) is 11.9 Å². The molecule has 27 heavy (non-hydrogen) atoms. The number of benzene rings is 1. The Labute approximate surface area is 175 Å². The van der Waals surface area contributed by atoms with Gasteiger partial charge in [-0.2, -0.15) is 0 Å². The zero-order valence-corrected chi connectivity index (χ0v) is 18.0. The van der Waals surface area contributed by atoms with Gasteiger partial charge in [0.25, 0.3) is 5.91 Å². The topological polar surface area (TPSA) is 55.6 Å². The lowest BCUT2D eigenvalue weighted by Crippen LogP contribution is -2.14. The van der Waals surface area contributed by atoms with Crippen LogP contribution in [0, 0.1) is 6.92 Å². The highest BCUT2D eigenvalue weighted by Crippen LogP contribution is 2.34. The molecule has 0 radical (unpaired) electrons. The van der Waals surface area contributed by atoms with E-state index in [-0.39, 0.29) is 15.6 Å². The Kier molecular flexibility index (Phi) is 6.29. The highest BCUT2D eigenvalue weighted by atomic mass is 79.9. The number of anilines is 1. The van der Waals surface area contributed by atoms with Crippen molar-refractivity contribution < 1.29 is 9.53 Å². The Morgan fingerprint density at radius 2 is 2.11 bits per heavy atom. The normalized spacial score (nSPS) is 11.0. The van der Waals surface area contributed by atoms with Crippen LogP contribution in [0.5, 0.6) is 5.75 Å². The van der Waals surface area contributed by atoms with E-state index >= 15 is 0 Å². The molecule has 0 aliphatic rings. The van der Waals surface area contributed by atoms with Gasteiger partial charge >= 0.3 is 0 Å². The number of fused-ring (bicyclic) bond motifs is 1. The third-order valence-corrected chi connectivity index (χ3v) is 5.68. The number of carbonyl (C=O) groups excluding carboxylic acids is 1. The maximum absolute atomic E-state index is 12.9. The first-order valence-corrected chi connectivity index (χ1v) is 10.0. The largest absolute Gasteiger partial charge is 0.492 e. The lowest BCUT2D eigenvalue weighted by molar-refractivity contribution is 0.102. The van der Waals surface area contributed by atoms with E-state index in [4.69, 9.17) is 27.9 Å². The first kappa shape index (κ1) is 20.0. The number of hydrogen-bond acceptors (Lipinski definition) is 3. The van der Waals surface area contributed by atoms with E-state index < -0.39 is 5.91 Å². The predicted octanol–water partition coefficient (Wildman–Crippen LogP) is 6.14. The van der Waals surface area contributed by atoms with Crippen LogP contribution in [0.15, 0.2) is 35.1 Å². The standard InChI is InChI=1S/C19H18BrCl2N3O2/c1-3-4-10-27-14-8-7-12(21)15(16(14)22)19(26)24-13-6-5-9-25-17(20)11(2)23-18(13)25/h5-9H,3-4,10H2,1-2H3,(H,24,26). The van der Waals surface area contributed by atoms with Gasteiger partial charge in [-0.25, -0.2) is 4.98 Å². The van der Waals surface area contributed by atoms with Crippen molar-refractivity contribution in [3.8, 4) is 5.75 Å². The minimum Gasteiger partial charge on any atom is -0.492 e. The van der Waals surface area contributed by atoms with Gasteiger partial charge < -0.3 is 10.1 Å². The number of aromatic nitrogens is 2. The lowest BCUT2D eigenvalue weighted by Gasteiger charge is -2.13. The van der Waals surface area contributed by atoms with E-state index in [0.29, 0.717) is 23.7 Å². The molecular formula is C19H18BrCl2N3O2. The third-order valence-electron chi connectivity index (χ3n) is 4.04. The Morgan fingerprint density at radius 1 is 1.33 bits per heavy atom. The zero-order chi connectivity index (χ0) is 19.6. The van der Waals surface area contributed by atoms with Gasteiger partial charge in [0.2, 0.25) is 0 Å². The number of halogens is 3. The maximum Gasteiger partial charge on any atom is 0.258 e. The van der Waals surface area contributed by atoms with Crippen molar-refractivity contribution in [3.63, 3.8) is 0 Å². The molecule has 1 amide bonds. The summed E-state index contributed by atoms with van der Waals surface area (Å²) in [6.07, 6.45) is 3.76. The van der Waals surface area contributed by atoms with E-state index in [1.807, 2.05) is 23.6 Å². The van der Waals surface area contributed by atoms with E-state index in [9.17, 15) is 4.79 Å². The molecule has 1 N–H and O–H groups in total. The summed E-state index contributed by atoms with van der Waals surface area (Å²) in [5.41, 5.74) is 2.18. The molecule has 0 bridgehead atoms. The Morgan fingerprint density at radius 3 is 2.85 bits per heavy atom. The number of amides is 1. The number of hydrogen-bond donors (Lipinski definition) is 1. The minimum atomic E-state index is -0.421. The van der Waals surface area contributed by atoms with Gasteiger partial charge in [0.1, 0.15) is 10.4 Å². The quantitative estimate of drug-likeness (QED) is 0.440. The highest BCUT2D eigenvalue weighted by Gasteiger charge is 2.20. The fourth-order valence-electron chi connectivity index (χ4n) is 2.61. The van der Waals surface area contributed by atoms with Crippen molar-refractivity contribution in [2.45, 2.75) is 26.7 Å². The molecule has 142 valence electrons. The number of nitrogens with zero attached hydrogens (tertiary/aromatic N) is 2. The lowest BCUT2D eigenvalue weighted by atomic mass is 10.2. The van der Waals surface area contributed by atoms with Gasteiger partial charge in [0.05, 0.1) is 33.6 Å².